The van der Waals surface area contributed by atoms with Gasteiger partial charge in [0.15, 0.2) is 11.9 Å². The zero-order valence-corrected chi connectivity index (χ0v) is 22.1. The molecule has 14 heteroatoms. The molecule has 0 saturated carbocycles. The van der Waals surface area contributed by atoms with Gasteiger partial charge in [-0.1, -0.05) is 40.2 Å². The molecule has 1 amide bonds. The average Bonchev–Trinajstić information content (AvgIpc) is 3.29. The molecule has 0 fully saturated rings. The Morgan fingerprint density at radius 2 is 1.78 bits per heavy atom. The first-order chi connectivity index (χ1) is 17.5. The Kier molecular flexibility index (Phi) is 8.02. The number of aromatic nitrogens is 2. The van der Waals surface area contributed by atoms with Gasteiger partial charge in [0.05, 0.1) is 16.3 Å². The van der Waals surface area contributed by atoms with Gasteiger partial charge in [-0.25, -0.2) is 22.6 Å². The maximum absolute atomic E-state index is 14.0. The second kappa shape index (κ2) is 11.1. The van der Waals surface area contributed by atoms with Crippen molar-refractivity contribution in [3.05, 3.63) is 100 Å². The number of benzene rings is 3. The number of sulfonamides is 1. The van der Waals surface area contributed by atoms with E-state index < -0.39 is 36.2 Å². The minimum absolute atomic E-state index is 0.113. The molecule has 0 aliphatic rings. The van der Waals surface area contributed by atoms with E-state index in [0.717, 1.165) is 4.47 Å². The number of carbonyl (C=O) groups is 1. The number of hydrogen-bond acceptors (Lipinski definition) is 6. The Balaban J connectivity index is 1.74. The van der Waals surface area contributed by atoms with E-state index in [1.807, 2.05) is 0 Å². The van der Waals surface area contributed by atoms with Crippen molar-refractivity contribution in [3.8, 4) is 16.9 Å². The molecule has 2 unspecified atom stereocenters. The van der Waals surface area contributed by atoms with Crippen molar-refractivity contribution in [1.29, 1.82) is 0 Å². The lowest BCUT2D eigenvalue weighted by Gasteiger charge is -2.17. The van der Waals surface area contributed by atoms with Crippen molar-refractivity contribution in [2.45, 2.75) is 11.1 Å². The van der Waals surface area contributed by atoms with Crippen LogP contribution in [-0.4, -0.2) is 29.0 Å². The van der Waals surface area contributed by atoms with Crippen LogP contribution in [0.25, 0.3) is 16.9 Å². The van der Waals surface area contributed by atoms with Crippen LogP contribution in [0.15, 0.2) is 88.2 Å². The Bertz CT molecular complexity index is 1580. The molecular weight excluding hydrogens is 590 g/mol. The molecule has 0 radical (unpaired) electrons. The Morgan fingerprint density at radius 1 is 1.11 bits per heavy atom. The minimum atomic E-state index is -3.93. The second-order valence-electron chi connectivity index (χ2n) is 7.66. The van der Waals surface area contributed by atoms with Gasteiger partial charge in [0.2, 0.25) is 10.0 Å². The highest BCUT2D eigenvalue weighted by Gasteiger charge is 2.23. The summed E-state index contributed by atoms with van der Waals surface area (Å²) in [5, 5.41) is 12.0. The predicted octanol–water partition coefficient (Wildman–Crippen LogP) is 3.92. The third-order valence-electron chi connectivity index (χ3n) is 5.13. The second-order valence-corrected chi connectivity index (χ2v) is 10.9. The molecule has 4 rings (SSSR count). The third kappa shape index (κ3) is 6.58. The highest BCUT2D eigenvalue weighted by atomic mass is 79.9. The number of hydrogen-bond donors (Lipinski definition) is 3. The number of amides is 1. The van der Waals surface area contributed by atoms with Gasteiger partial charge in [-0.15, -0.1) is 0 Å². The van der Waals surface area contributed by atoms with Crippen molar-refractivity contribution < 1.29 is 31.6 Å². The lowest BCUT2D eigenvalue weighted by Crippen LogP contribution is -2.29. The van der Waals surface area contributed by atoms with E-state index in [9.17, 15) is 27.1 Å². The Labute approximate surface area is 220 Å². The Morgan fingerprint density at radius 3 is 2.38 bits per heavy atom. The first-order valence-corrected chi connectivity index (χ1v) is 14.1. The van der Waals surface area contributed by atoms with Crippen molar-refractivity contribution in [1.82, 2.24) is 15.1 Å². The van der Waals surface area contributed by atoms with Gasteiger partial charge in [0, 0.05) is 15.6 Å². The third-order valence-corrected chi connectivity index (χ3v) is 7.02. The van der Waals surface area contributed by atoms with Crippen LogP contribution in [0.5, 0.6) is 0 Å². The van der Waals surface area contributed by atoms with Crippen LogP contribution < -0.4 is 10.5 Å². The number of nitrogens with zero attached hydrogens (tertiary/aromatic N) is 2. The van der Waals surface area contributed by atoms with Crippen LogP contribution >= 0.6 is 24.2 Å². The van der Waals surface area contributed by atoms with Crippen LogP contribution in [0.4, 0.5) is 4.39 Å². The van der Waals surface area contributed by atoms with Crippen LogP contribution in [-0.2, 0) is 19.1 Å². The van der Waals surface area contributed by atoms with Crippen molar-refractivity contribution >= 4 is 40.1 Å². The molecule has 0 aliphatic carbocycles. The first-order valence-electron chi connectivity index (χ1n) is 10.5. The summed E-state index contributed by atoms with van der Waals surface area (Å²) in [5.41, 5.74) is 1.38. The SMILES string of the molecule is NS(=O)(=O)c1ccc(-n2nc(C(=O)NC(O[PH](=O)O)c3ccc(Br)cc3)cc2-c2cccc(F)c2)cc1. The number of rotatable bonds is 8. The fraction of sp³-hybridized carbons (Fsp3) is 0.0435. The molecule has 192 valence electrons. The molecule has 10 nitrogen and oxygen atoms in total. The summed E-state index contributed by atoms with van der Waals surface area (Å²) in [6.45, 7) is 0. The van der Waals surface area contributed by atoms with E-state index in [2.05, 4.69) is 26.3 Å². The fourth-order valence-corrected chi connectivity index (χ4v) is 4.61. The molecule has 2 atom stereocenters. The van der Waals surface area contributed by atoms with E-state index in [4.69, 9.17) is 9.66 Å². The molecule has 37 heavy (non-hydrogen) atoms. The highest BCUT2D eigenvalue weighted by molar-refractivity contribution is 9.10. The predicted molar refractivity (Wildman–Crippen MR) is 137 cm³/mol. The van der Waals surface area contributed by atoms with Gasteiger partial charge in [-0.05, 0) is 54.6 Å². The van der Waals surface area contributed by atoms with Gasteiger partial charge in [0.1, 0.15) is 5.82 Å². The first kappa shape index (κ1) is 26.9. The van der Waals surface area contributed by atoms with Crippen LogP contribution in [0, 0.1) is 5.82 Å². The number of nitrogens with one attached hydrogen (secondary N) is 1. The monoisotopic (exact) mass is 608 g/mol. The number of halogens is 2. The normalized spacial score (nSPS) is 13.2. The molecule has 0 bridgehead atoms. The maximum atomic E-state index is 14.0. The molecule has 4 N–H and O–H groups in total. The van der Waals surface area contributed by atoms with E-state index >= 15 is 0 Å². The van der Waals surface area contributed by atoms with Crippen molar-refractivity contribution in [2.24, 2.45) is 5.14 Å². The summed E-state index contributed by atoms with van der Waals surface area (Å²) < 4.78 is 55.8. The zero-order chi connectivity index (χ0) is 26.7. The average molecular weight is 609 g/mol. The largest absolute Gasteiger partial charge is 0.326 e. The minimum Gasteiger partial charge on any atom is -0.326 e. The summed E-state index contributed by atoms with van der Waals surface area (Å²) in [6.07, 6.45) is -1.26. The number of nitrogens with two attached hydrogens (primary N) is 1. The molecule has 1 aromatic heterocycles. The molecule has 4 aromatic rings. The topological polar surface area (TPSA) is 154 Å². The lowest BCUT2D eigenvalue weighted by atomic mass is 10.1. The van der Waals surface area contributed by atoms with Gasteiger partial charge in [0.25, 0.3) is 5.91 Å². The molecular formula is C23H19BrFN4O6PS. The van der Waals surface area contributed by atoms with E-state index in [-0.39, 0.29) is 10.6 Å². The summed E-state index contributed by atoms with van der Waals surface area (Å²) in [4.78, 5) is 22.3. The Hall–Kier alpha value is -3.19. The number of carbonyl (C=O) groups excluding carboxylic acids is 1. The number of primary sulfonamides is 1. The molecule has 0 aliphatic heterocycles. The smallest absolute Gasteiger partial charge is 0.318 e. The van der Waals surface area contributed by atoms with Crippen molar-refractivity contribution in [3.63, 3.8) is 0 Å². The van der Waals surface area contributed by atoms with Gasteiger partial charge < -0.3 is 10.2 Å². The summed E-state index contributed by atoms with van der Waals surface area (Å²) >= 11 is 3.30. The summed E-state index contributed by atoms with van der Waals surface area (Å²) in [6, 6.07) is 19.0. The van der Waals surface area contributed by atoms with Crippen molar-refractivity contribution in [2.75, 3.05) is 0 Å². The van der Waals surface area contributed by atoms with E-state index in [1.165, 1.54) is 53.2 Å². The van der Waals surface area contributed by atoms with Gasteiger partial charge in [-0.2, -0.15) is 5.10 Å². The molecule has 0 saturated heterocycles. The summed E-state index contributed by atoms with van der Waals surface area (Å²) in [5.74, 6) is -1.26. The standard InChI is InChI=1S/C23H19BrFN4O6PS/c24-16-6-4-14(5-7-16)23(35-36(31)32)27-22(30)20-13-21(15-2-1-3-17(25)12-15)29(28-20)18-8-10-19(11-9-18)37(26,33)34/h1-13,23,36H,(H,27,30)(H,31,32)(H2,26,33,34). The highest BCUT2D eigenvalue weighted by Crippen LogP contribution is 2.29. The van der Waals surface area contributed by atoms with E-state index in [1.54, 1.807) is 30.3 Å². The quantitative estimate of drug-likeness (QED) is 0.202. The molecule has 0 spiro atoms. The van der Waals surface area contributed by atoms with E-state index in [0.29, 0.717) is 22.5 Å². The van der Waals surface area contributed by atoms with Gasteiger partial charge >= 0.3 is 8.25 Å². The molecule has 1 heterocycles. The summed E-state index contributed by atoms with van der Waals surface area (Å²) in [7, 11) is -7.36. The van der Waals surface area contributed by atoms with Crippen LogP contribution in [0.3, 0.4) is 0 Å². The van der Waals surface area contributed by atoms with Gasteiger partial charge in [-0.3, -0.25) is 13.9 Å². The molecule has 3 aromatic carbocycles. The fourth-order valence-electron chi connectivity index (χ4n) is 3.43. The lowest BCUT2D eigenvalue weighted by molar-refractivity contribution is 0.0817. The van der Waals surface area contributed by atoms with Crippen LogP contribution in [0.1, 0.15) is 22.3 Å². The zero-order valence-electron chi connectivity index (χ0n) is 18.7. The maximum Gasteiger partial charge on any atom is 0.318 e. The van der Waals surface area contributed by atoms with Crippen LogP contribution in [0.2, 0.25) is 0 Å².